The maximum Gasteiger partial charge on any atom is 0.0300 e. The summed E-state index contributed by atoms with van der Waals surface area (Å²) in [4.78, 5) is 0. The molecule has 2 aliphatic rings. The molecule has 1 nitrogen and oxygen atoms in total. The highest BCUT2D eigenvalue weighted by molar-refractivity contribution is 8.02. The molecule has 1 saturated heterocycles. The zero-order chi connectivity index (χ0) is 10.2. The van der Waals surface area contributed by atoms with E-state index < -0.39 is 0 Å². The predicted molar refractivity (Wildman–Crippen MR) is 68.4 cm³/mol. The third-order valence-electron chi connectivity index (χ3n) is 3.83. The molecule has 0 aromatic rings. The maximum absolute atomic E-state index is 3.76. The number of nitrogens with one attached hydrogen (secondary N) is 1. The summed E-state index contributed by atoms with van der Waals surface area (Å²) in [6.45, 7) is 5.93. The van der Waals surface area contributed by atoms with E-state index in [1.807, 2.05) is 0 Å². The molecule has 1 aliphatic heterocycles. The topological polar surface area (TPSA) is 12.0 Å². The van der Waals surface area contributed by atoms with Gasteiger partial charge in [0, 0.05) is 27.8 Å². The Morgan fingerprint density at radius 3 is 2.43 bits per heavy atom. The first-order valence-electron chi connectivity index (χ1n) is 5.50. The number of rotatable bonds is 4. The lowest BCUT2D eigenvalue weighted by atomic mass is 9.83. The number of hydrogen-bond donors (Lipinski definition) is 1. The van der Waals surface area contributed by atoms with Gasteiger partial charge in [0.1, 0.15) is 0 Å². The Morgan fingerprint density at radius 1 is 1.43 bits per heavy atom. The van der Waals surface area contributed by atoms with Crippen LogP contribution in [0, 0.1) is 0 Å². The highest BCUT2D eigenvalue weighted by atomic mass is 32.2. The van der Waals surface area contributed by atoms with E-state index in [0.717, 1.165) is 6.04 Å². The summed E-state index contributed by atoms with van der Waals surface area (Å²) in [5, 5.41) is 3.76. The van der Waals surface area contributed by atoms with E-state index in [4.69, 9.17) is 0 Å². The lowest BCUT2D eigenvalue weighted by Crippen LogP contribution is -2.58. The first kappa shape index (κ1) is 11.2. The lowest BCUT2D eigenvalue weighted by Gasteiger charge is -2.48. The Hall–Kier alpha value is 0.660. The Kier molecular flexibility index (Phi) is 3.12. The van der Waals surface area contributed by atoms with Crippen molar-refractivity contribution < 1.29 is 0 Å². The second kappa shape index (κ2) is 3.91. The fourth-order valence-electron chi connectivity index (χ4n) is 2.14. The van der Waals surface area contributed by atoms with E-state index >= 15 is 0 Å². The Morgan fingerprint density at radius 2 is 2.14 bits per heavy atom. The van der Waals surface area contributed by atoms with Crippen LogP contribution in [0.5, 0.6) is 0 Å². The molecule has 0 bridgehead atoms. The van der Waals surface area contributed by atoms with Crippen LogP contribution >= 0.6 is 23.5 Å². The molecule has 1 unspecified atom stereocenters. The number of thioether (sulfide) groups is 2. The van der Waals surface area contributed by atoms with Crippen LogP contribution in [-0.2, 0) is 0 Å². The molecule has 2 fully saturated rings. The second-order valence-corrected chi connectivity index (χ2v) is 8.04. The average molecular weight is 231 g/mol. The highest BCUT2D eigenvalue weighted by Gasteiger charge is 2.42. The minimum absolute atomic E-state index is 0.476. The summed E-state index contributed by atoms with van der Waals surface area (Å²) < 4.78 is 1.07. The van der Waals surface area contributed by atoms with E-state index in [9.17, 15) is 0 Å². The van der Waals surface area contributed by atoms with Gasteiger partial charge in [0.2, 0.25) is 0 Å². The van der Waals surface area contributed by atoms with Gasteiger partial charge in [0.05, 0.1) is 0 Å². The van der Waals surface area contributed by atoms with Gasteiger partial charge in [-0.15, -0.1) is 0 Å². The van der Waals surface area contributed by atoms with E-state index in [-0.39, 0.29) is 0 Å². The molecule has 1 heterocycles. The van der Waals surface area contributed by atoms with Gasteiger partial charge >= 0.3 is 0 Å². The van der Waals surface area contributed by atoms with Crippen molar-refractivity contribution in [3.05, 3.63) is 0 Å². The van der Waals surface area contributed by atoms with Gasteiger partial charge in [0.25, 0.3) is 0 Å². The molecule has 0 amide bonds. The molecule has 0 radical (unpaired) electrons. The molecule has 82 valence electrons. The molecular weight excluding hydrogens is 210 g/mol. The van der Waals surface area contributed by atoms with Gasteiger partial charge in [-0.2, -0.15) is 23.5 Å². The minimum atomic E-state index is 0.476. The molecule has 2 rings (SSSR count). The van der Waals surface area contributed by atoms with Gasteiger partial charge in [-0.1, -0.05) is 6.42 Å². The Labute approximate surface area is 96.2 Å². The van der Waals surface area contributed by atoms with Gasteiger partial charge in [0.15, 0.2) is 0 Å². The fraction of sp³-hybridized carbons (Fsp3) is 1.00. The highest BCUT2D eigenvalue weighted by Crippen LogP contribution is 2.44. The average Bonchev–Trinajstić information content (AvgIpc) is 2.08. The normalized spacial score (nSPS) is 33.2. The van der Waals surface area contributed by atoms with Gasteiger partial charge in [-0.3, -0.25) is 0 Å². The van der Waals surface area contributed by atoms with E-state index in [1.165, 1.54) is 31.6 Å². The summed E-state index contributed by atoms with van der Waals surface area (Å²) in [6.07, 6.45) is 6.54. The van der Waals surface area contributed by atoms with Crippen LogP contribution in [0.2, 0.25) is 0 Å². The summed E-state index contributed by atoms with van der Waals surface area (Å²) in [7, 11) is 0. The quantitative estimate of drug-likeness (QED) is 0.799. The summed E-state index contributed by atoms with van der Waals surface area (Å²) in [6, 6.07) is 0.747. The molecule has 0 aromatic heterocycles. The predicted octanol–water partition coefficient (Wildman–Crippen LogP) is 2.76. The van der Waals surface area contributed by atoms with Crippen LogP contribution in [0.4, 0.5) is 0 Å². The van der Waals surface area contributed by atoms with E-state index in [0.29, 0.717) is 9.49 Å². The second-order valence-electron chi connectivity index (χ2n) is 5.09. The molecule has 1 aliphatic carbocycles. The van der Waals surface area contributed by atoms with E-state index in [2.05, 4.69) is 48.9 Å². The standard InChI is InChI=1S/C11H21NS2/c1-10(2)9(7-14-10)12-8-11(13-3)5-4-6-11/h9,12H,4-8H2,1-3H3. The van der Waals surface area contributed by atoms with Gasteiger partial charge < -0.3 is 5.32 Å². The Balaban J connectivity index is 1.77. The van der Waals surface area contributed by atoms with Crippen molar-refractivity contribution in [2.45, 2.75) is 48.6 Å². The number of hydrogen-bond acceptors (Lipinski definition) is 3. The zero-order valence-electron chi connectivity index (χ0n) is 9.43. The van der Waals surface area contributed by atoms with Crippen molar-refractivity contribution in [3.63, 3.8) is 0 Å². The van der Waals surface area contributed by atoms with Crippen molar-refractivity contribution in [1.82, 2.24) is 5.32 Å². The summed E-state index contributed by atoms with van der Waals surface area (Å²) in [5.74, 6) is 1.30. The molecule has 0 spiro atoms. The first-order chi connectivity index (χ1) is 6.58. The smallest absolute Gasteiger partial charge is 0.0300 e. The van der Waals surface area contributed by atoms with Gasteiger partial charge in [-0.25, -0.2) is 0 Å². The largest absolute Gasteiger partial charge is 0.310 e. The van der Waals surface area contributed by atoms with Crippen molar-refractivity contribution in [2.75, 3.05) is 18.6 Å². The molecule has 1 atom stereocenters. The molecule has 1 saturated carbocycles. The van der Waals surface area contributed by atoms with Crippen molar-refractivity contribution in [3.8, 4) is 0 Å². The van der Waals surface area contributed by atoms with Crippen LogP contribution in [0.15, 0.2) is 0 Å². The van der Waals surface area contributed by atoms with Crippen LogP contribution < -0.4 is 5.32 Å². The molecule has 1 N–H and O–H groups in total. The van der Waals surface area contributed by atoms with Crippen molar-refractivity contribution in [1.29, 1.82) is 0 Å². The van der Waals surface area contributed by atoms with Crippen LogP contribution in [0.25, 0.3) is 0 Å². The fourth-order valence-corrected chi connectivity index (χ4v) is 4.26. The van der Waals surface area contributed by atoms with Gasteiger partial charge in [-0.05, 0) is 32.9 Å². The summed E-state index contributed by atoms with van der Waals surface area (Å²) in [5.41, 5.74) is 0. The maximum atomic E-state index is 3.76. The SMILES string of the molecule is CSC1(CNC2CSC2(C)C)CCC1. The van der Waals surface area contributed by atoms with Crippen LogP contribution in [0.1, 0.15) is 33.1 Å². The molecule has 14 heavy (non-hydrogen) atoms. The molecule has 3 heteroatoms. The Bertz CT molecular complexity index is 206. The van der Waals surface area contributed by atoms with Crippen molar-refractivity contribution in [2.24, 2.45) is 0 Å². The minimum Gasteiger partial charge on any atom is -0.310 e. The first-order valence-corrected chi connectivity index (χ1v) is 7.72. The third kappa shape index (κ3) is 1.96. The van der Waals surface area contributed by atoms with Crippen LogP contribution in [-0.4, -0.2) is 34.1 Å². The monoisotopic (exact) mass is 231 g/mol. The third-order valence-corrected chi connectivity index (χ3v) is 6.78. The van der Waals surface area contributed by atoms with E-state index in [1.54, 1.807) is 0 Å². The molecular formula is C11H21NS2. The molecule has 0 aromatic carbocycles. The van der Waals surface area contributed by atoms with Crippen molar-refractivity contribution >= 4 is 23.5 Å². The van der Waals surface area contributed by atoms with Crippen LogP contribution in [0.3, 0.4) is 0 Å². The summed E-state index contributed by atoms with van der Waals surface area (Å²) >= 11 is 4.15. The lowest BCUT2D eigenvalue weighted by molar-refractivity contribution is 0.316. The zero-order valence-corrected chi connectivity index (χ0v) is 11.1.